The SMILES string of the molecule is Clc1ccc2c(c1)-n1c(-c3cccs3)nnc1-c1cccn1C2. The molecule has 0 spiro atoms. The molecule has 0 fully saturated rings. The second kappa shape index (κ2) is 4.81. The van der Waals surface area contributed by atoms with Gasteiger partial charge < -0.3 is 4.57 Å². The third kappa shape index (κ3) is 1.90. The smallest absolute Gasteiger partial charge is 0.185 e. The lowest BCUT2D eigenvalue weighted by molar-refractivity contribution is 0.816. The Morgan fingerprint density at radius 3 is 2.83 bits per heavy atom. The Labute approximate surface area is 141 Å². The largest absolute Gasteiger partial charge is 0.340 e. The number of hydrogen-bond acceptors (Lipinski definition) is 3. The van der Waals surface area contributed by atoms with Crippen LogP contribution in [0.25, 0.3) is 27.9 Å². The molecule has 0 unspecified atom stereocenters. The van der Waals surface area contributed by atoms with Crippen molar-refractivity contribution >= 4 is 22.9 Å². The molecule has 0 saturated heterocycles. The fraction of sp³-hybridized carbons (Fsp3) is 0.0588. The van der Waals surface area contributed by atoms with Gasteiger partial charge in [0, 0.05) is 17.8 Å². The van der Waals surface area contributed by atoms with Crippen LogP contribution >= 0.6 is 22.9 Å². The summed E-state index contributed by atoms with van der Waals surface area (Å²) in [6, 6.07) is 14.2. The molecule has 1 aliphatic rings. The average Bonchev–Trinajstić information content (AvgIpc) is 3.26. The van der Waals surface area contributed by atoms with Gasteiger partial charge in [0.2, 0.25) is 0 Å². The Bertz CT molecular complexity index is 1010. The Morgan fingerprint density at radius 2 is 1.96 bits per heavy atom. The van der Waals surface area contributed by atoms with E-state index in [9.17, 15) is 0 Å². The third-order valence-corrected chi connectivity index (χ3v) is 5.19. The van der Waals surface area contributed by atoms with Crippen LogP contribution in [0.3, 0.4) is 0 Å². The van der Waals surface area contributed by atoms with E-state index in [1.165, 1.54) is 5.56 Å². The summed E-state index contributed by atoms with van der Waals surface area (Å²) in [5, 5.41) is 11.7. The van der Waals surface area contributed by atoms with E-state index in [0.29, 0.717) is 5.02 Å². The second-order valence-corrected chi connectivity index (χ2v) is 6.84. The summed E-state index contributed by atoms with van der Waals surface area (Å²) in [5.74, 6) is 1.70. The molecule has 0 N–H and O–H groups in total. The highest BCUT2D eigenvalue weighted by molar-refractivity contribution is 7.13. The summed E-state index contributed by atoms with van der Waals surface area (Å²) in [6.45, 7) is 0.794. The molecule has 0 radical (unpaired) electrons. The van der Waals surface area contributed by atoms with Crippen molar-refractivity contribution in [2.75, 3.05) is 0 Å². The van der Waals surface area contributed by atoms with Crippen LogP contribution in [-0.4, -0.2) is 19.3 Å². The molecule has 1 aromatic carbocycles. The molecule has 1 aliphatic heterocycles. The Balaban J connectivity index is 1.90. The second-order valence-electron chi connectivity index (χ2n) is 5.45. The molecule has 6 heteroatoms. The van der Waals surface area contributed by atoms with Gasteiger partial charge in [0.15, 0.2) is 11.6 Å². The molecule has 4 aromatic rings. The van der Waals surface area contributed by atoms with Crippen molar-refractivity contribution in [1.82, 2.24) is 19.3 Å². The first-order chi connectivity index (χ1) is 11.3. The van der Waals surface area contributed by atoms with Crippen molar-refractivity contribution in [3.63, 3.8) is 0 Å². The predicted octanol–water partition coefficient (Wildman–Crippen LogP) is 4.48. The lowest BCUT2D eigenvalue weighted by Gasteiger charge is -2.11. The highest BCUT2D eigenvalue weighted by Gasteiger charge is 2.24. The zero-order valence-corrected chi connectivity index (χ0v) is 13.6. The highest BCUT2D eigenvalue weighted by Crippen LogP contribution is 2.35. The van der Waals surface area contributed by atoms with Crippen molar-refractivity contribution in [2.24, 2.45) is 0 Å². The van der Waals surface area contributed by atoms with Gasteiger partial charge in [0.1, 0.15) is 0 Å². The first-order valence-electron chi connectivity index (χ1n) is 7.25. The molecule has 5 rings (SSSR count). The number of aromatic nitrogens is 4. The number of halogens is 1. The molecule has 3 aromatic heterocycles. The predicted molar refractivity (Wildman–Crippen MR) is 92.2 cm³/mol. The van der Waals surface area contributed by atoms with Crippen LogP contribution in [0.2, 0.25) is 5.02 Å². The van der Waals surface area contributed by atoms with Gasteiger partial charge in [0.25, 0.3) is 0 Å². The van der Waals surface area contributed by atoms with Gasteiger partial charge in [-0.15, -0.1) is 21.5 Å². The van der Waals surface area contributed by atoms with Gasteiger partial charge in [-0.3, -0.25) is 4.57 Å². The summed E-state index contributed by atoms with van der Waals surface area (Å²) in [6.07, 6.45) is 2.07. The average molecular weight is 339 g/mol. The van der Waals surface area contributed by atoms with Crippen LogP contribution < -0.4 is 0 Å². The van der Waals surface area contributed by atoms with Gasteiger partial charge >= 0.3 is 0 Å². The molecular weight excluding hydrogens is 328 g/mol. The summed E-state index contributed by atoms with van der Waals surface area (Å²) in [5.41, 5.74) is 3.31. The number of fused-ring (bicyclic) bond motifs is 5. The lowest BCUT2D eigenvalue weighted by atomic mass is 10.1. The van der Waals surface area contributed by atoms with E-state index in [4.69, 9.17) is 11.6 Å². The van der Waals surface area contributed by atoms with E-state index in [1.54, 1.807) is 11.3 Å². The van der Waals surface area contributed by atoms with Gasteiger partial charge in [-0.1, -0.05) is 23.7 Å². The van der Waals surface area contributed by atoms with E-state index < -0.39 is 0 Å². The van der Waals surface area contributed by atoms with Crippen molar-refractivity contribution in [2.45, 2.75) is 6.54 Å². The summed E-state index contributed by atoms with van der Waals surface area (Å²) >= 11 is 7.93. The molecule has 0 saturated carbocycles. The number of rotatable bonds is 1. The van der Waals surface area contributed by atoms with Gasteiger partial charge in [-0.05, 0) is 41.3 Å². The number of benzene rings is 1. The minimum absolute atomic E-state index is 0.715. The van der Waals surface area contributed by atoms with Crippen LogP contribution in [0.15, 0.2) is 54.0 Å². The number of hydrogen-bond donors (Lipinski definition) is 0. The fourth-order valence-electron chi connectivity index (χ4n) is 3.06. The van der Waals surface area contributed by atoms with Crippen LogP contribution in [0.4, 0.5) is 0 Å². The standard InChI is InChI=1S/C17H11ClN4S/c18-12-6-5-11-10-21-7-1-3-13(21)16-19-20-17(15-4-2-8-23-15)22(16)14(11)9-12/h1-9H,10H2. The van der Waals surface area contributed by atoms with Gasteiger partial charge in [0.05, 0.1) is 16.3 Å². The maximum atomic E-state index is 6.27. The van der Waals surface area contributed by atoms with Crippen LogP contribution in [-0.2, 0) is 6.54 Å². The van der Waals surface area contributed by atoms with Gasteiger partial charge in [-0.25, -0.2) is 0 Å². The first kappa shape index (κ1) is 13.1. The molecule has 0 aliphatic carbocycles. The van der Waals surface area contributed by atoms with Crippen LogP contribution in [0.5, 0.6) is 0 Å². The monoisotopic (exact) mass is 338 g/mol. The molecule has 4 nitrogen and oxygen atoms in total. The van der Waals surface area contributed by atoms with E-state index in [2.05, 4.69) is 49.1 Å². The summed E-state index contributed by atoms with van der Waals surface area (Å²) < 4.78 is 4.31. The molecule has 23 heavy (non-hydrogen) atoms. The molecular formula is C17H11ClN4S. The van der Waals surface area contributed by atoms with E-state index in [-0.39, 0.29) is 0 Å². The van der Waals surface area contributed by atoms with Crippen molar-refractivity contribution in [3.05, 3.63) is 64.6 Å². The fourth-order valence-corrected chi connectivity index (χ4v) is 3.93. The Hall–Kier alpha value is -2.37. The quantitative estimate of drug-likeness (QED) is 0.452. The summed E-state index contributed by atoms with van der Waals surface area (Å²) in [7, 11) is 0. The lowest BCUT2D eigenvalue weighted by Crippen LogP contribution is -2.01. The Kier molecular flexibility index (Phi) is 2.74. The molecule has 4 heterocycles. The number of thiophene rings is 1. The molecule has 0 amide bonds. The maximum Gasteiger partial charge on any atom is 0.185 e. The topological polar surface area (TPSA) is 35.6 Å². The van der Waals surface area contributed by atoms with Crippen LogP contribution in [0, 0.1) is 0 Å². The van der Waals surface area contributed by atoms with Gasteiger partial charge in [-0.2, -0.15) is 0 Å². The molecule has 0 bridgehead atoms. The summed E-state index contributed by atoms with van der Waals surface area (Å²) in [4.78, 5) is 1.09. The normalized spacial score (nSPS) is 12.4. The zero-order valence-electron chi connectivity index (χ0n) is 12.0. The minimum Gasteiger partial charge on any atom is -0.340 e. The van der Waals surface area contributed by atoms with Crippen molar-refractivity contribution in [1.29, 1.82) is 0 Å². The van der Waals surface area contributed by atoms with Crippen LogP contribution in [0.1, 0.15) is 5.56 Å². The van der Waals surface area contributed by atoms with E-state index in [1.807, 2.05) is 24.3 Å². The molecule has 0 atom stereocenters. The molecule has 112 valence electrons. The minimum atomic E-state index is 0.715. The highest BCUT2D eigenvalue weighted by atomic mass is 35.5. The Morgan fingerprint density at radius 1 is 1.04 bits per heavy atom. The van der Waals surface area contributed by atoms with E-state index >= 15 is 0 Å². The third-order valence-electron chi connectivity index (χ3n) is 4.09. The van der Waals surface area contributed by atoms with E-state index in [0.717, 1.165) is 34.5 Å². The van der Waals surface area contributed by atoms with Crippen molar-refractivity contribution < 1.29 is 0 Å². The number of nitrogens with zero attached hydrogens (tertiary/aromatic N) is 4. The van der Waals surface area contributed by atoms with Crippen molar-refractivity contribution in [3.8, 4) is 27.9 Å². The zero-order chi connectivity index (χ0) is 15.4. The first-order valence-corrected chi connectivity index (χ1v) is 8.50. The maximum absolute atomic E-state index is 6.27.